The fraction of sp³-hybridized carbons (Fsp3) is 0.500. The van der Waals surface area contributed by atoms with Crippen molar-refractivity contribution in [2.45, 2.75) is 25.3 Å². The van der Waals surface area contributed by atoms with E-state index in [4.69, 9.17) is 0 Å². The highest BCUT2D eigenvalue weighted by Gasteiger charge is 2.19. The van der Waals surface area contributed by atoms with Gasteiger partial charge in [-0.05, 0) is 56.6 Å². The molecule has 0 heterocycles. The van der Waals surface area contributed by atoms with Crippen LogP contribution in [0.3, 0.4) is 0 Å². The molecule has 2 nitrogen and oxygen atoms in total. The van der Waals surface area contributed by atoms with E-state index in [0.717, 1.165) is 12.8 Å². The van der Waals surface area contributed by atoms with Crippen LogP contribution >= 0.6 is 0 Å². The number of phenolic OH excluding ortho intramolecular Hbond substituents is 1. The number of hydrogen-bond donors (Lipinski definition) is 1. The number of nitrogens with zero attached hydrogens (tertiary/aromatic N) is 1. The van der Waals surface area contributed by atoms with Crippen molar-refractivity contribution in [2.24, 2.45) is 0 Å². The van der Waals surface area contributed by atoms with E-state index in [1.165, 1.54) is 17.5 Å². The molecule has 14 heavy (non-hydrogen) atoms. The van der Waals surface area contributed by atoms with Gasteiger partial charge in [0.2, 0.25) is 0 Å². The van der Waals surface area contributed by atoms with E-state index >= 15 is 0 Å². The molecule has 1 aromatic rings. The minimum atomic E-state index is 0.395. The molecule has 1 aliphatic rings. The Bertz CT molecular complexity index is 333. The number of fused-ring (bicyclic) bond motifs is 1. The Morgan fingerprint density at radius 2 is 2.07 bits per heavy atom. The van der Waals surface area contributed by atoms with E-state index in [2.05, 4.69) is 25.1 Å². The van der Waals surface area contributed by atoms with Crippen LogP contribution in [0.4, 0.5) is 0 Å². The van der Waals surface area contributed by atoms with E-state index in [-0.39, 0.29) is 0 Å². The number of aryl methyl sites for hydroxylation is 1. The lowest BCUT2D eigenvalue weighted by molar-refractivity contribution is 0.268. The monoisotopic (exact) mass is 191 g/mol. The Hall–Kier alpha value is -1.02. The molecule has 1 aromatic carbocycles. The first kappa shape index (κ1) is 9.53. The molecule has 0 aromatic heterocycles. The molecule has 1 unspecified atom stereocenters. The van der Waals surface area contributed by atoms with E-state index < -0.39 is 0 Å². The summed E-state index contributed by atoms with van der Waals surface area (Å²) in [5.74, 6) is 0.395. The van der Waals surface area contributed by atoms with Gasteiger partial charge < -0.3 is 10.0 Å². The largest absolute Gasteiger partial charge is 0.508 e. The second kappa shape index (κ2) is 3.62. The van der Waals surface area contributed by atoms with Gasteiger partial charge in [0.15, 0.2) is 0 Å². The Kier molecular flexibility index (Phi) is 2.46. The molecule has 0 amide bonds. The third kappa shape index (κ3) is 1.75. The van der Waals surface area contributed by atoms with E-state index in [0.29, 0.717) is 11.8 Å². The highest BCUT2D eigenvalue weighted by Crippen LogP contribution is 2.26. The first-order valence-corrected chi connectivity index (χ1v) is 5.14. The maximum absolute atomic E-state index is 9.35. The maximum atomic E-state index is 9.35. The summed E-state index contributed by atoms with van der Waals surface area (Å²) in [6.07, 6.45) is 3.40. The number of rotatable bonds is 1. The zero-order chi connectivity index (χ0) is 10.1. The van der Waals surface area contributed by atoms with Crippen LogP contribution in [0.15, 0.2) is 18.2 Å². The van der Waals surface area contributed by atoms with Gasteiger partial charge in [0.1, 0.15) is 5.75 Å². The average Bonchev–Trinajstić information content (AvgIpc) is 2.16. The molecule has 1 aliphatic carbocycles. The van der Waals surface area contributed by atoms with Gasteiger partial charge in [-0.1, -0.05) is 6.07 Å². The lowest BCUT2D eigenvalue weighted by Crippen LogP contribution is -2.33. The summed E-state index contributed by atoms with van der Waals surface area (Å²) in [5.41, 5.74) is 2.72. The van der Waals surface area contributed by atoms with Crippen molar-refractivity contribution >= 4 is 0 Å². The Labute approximate surface area is 85.2 Å². The molecule has 0 radical (unpaired) electrons. The first-order valence-electron chi connectivity index (χ1n) is 5.14. The molecule has 0 bridgehead atoms. The predicted octanol–water partition coefficient (Wildman–Crippen LogP) is 1.81. The summed E-state index contributed by atoms with van der Waals surface area (Å²) in [6, 6.07) is 6.41. The van der Waals surface area contributed by atoms with Crippen molar-refractivity contribution in [3.8, 4) is 5.75 Å². The fourth-order valence-electron chi connectivity index (χ4n) is 2.16. The lowest BCUT2D eigenvalue weighted by atomic mass is 9.88. The van der Waals surface area contributed by atoms with Gasteiger partial charge in [0.05, 0.1) is 0 Å². The topological polar surface area (TPSA) is 23.5 Å². The highest BCUT2D eigenvalue weighted by atomic mass is 16.3. The second-order valence-electron chi connectivity index (χ2n) is 4.31. The van der Waals surface area contributed by atoms with Crippen LogP contribution in [0.5, 0.6) is 5.75 Å². The molecule has 1 atom stereocenters. The molecule has 0 saturated heterocycles. The van der Waals surface area contributed by atoms with Crippen molar-refractivity contribution in [3.63, 3.8) is 0 Å². The highest BCUT2D eigenvalue weighted by molar-refractivity contribution is 5.37. The smallest absolute Gasteiger partial charge is 0.115 e. The second-order valence-corrected chi connectivity index (χ2v) is 4.31. The summed E-state index contributed by atoms with van der Waals surface area (Å²) in [4.78, 5) is 2.29. The number of hydrogen-bond acceptors (Lipinski definition) is 2. The van der Waals surface area contributed by atoms with Gasteiger partial charge in [-0.15, -0.1) is 0 Å². The molecule has 2 heteroatoms. The summed E-state index contributed by atoms with van der Waals surface area (Å²) in [7, 11) is 4.27. The Balaban J connectivity index is 2.23. The maximum Gasteiger partial charge on any atom is 0.115 e. The van der Waals surface area contributed by atoms with Gasteiger partial charge in [-0.2, -0.15) is 0 Å². The van der Waals surface area contributed by atoms with Gasteiger partial charge in [0.25, 0.3) is 0 Å². The molecule has 0 saturated carbocycles. The zero-order valence-electron chi connectivity index (χ0n) is 8.83. The van der Waals surface area contributed by atoms with Crippen LogP contribution in [-0.2, 0) is 12.8 Å². The predicted molar refractivity (Wildman–Crippen MR) is 57.6 cm³/mol. The molecule has 76 valence electrons. The molecule has 2 rings (SSSR count). The number of benzene rings is 1. The molecule has 0 spiro atoms. The van der Waals surface area contributed by atoms with Gasteiger partial charge in [0, 0.05) is 6.04 Å². The molecular formula is C12H17NO. The number of phenols is 1. The van der Waals surface area contributed by atoms with Crippen LogP contribution in [0.2, 0.25) is 0 Å². The van der Waals surface area contributed by atoms with E-state index in [9.17, 15) is 5.11 Å². The molecule has 1 N–H and O–H groups in total. The van der Waals surface area contributed by atoms with Crippen molar-refractivity contribution < 1.29 is 5.11 Å². The number of likely N-dealkylation sites (N-methyl/N-ethyl adjacent to an activating group) is 1. The molecular weight excluding hydrogens is 174 g/mol. The Morgan fingerprint density at radius 3 is 2.79 bits per heavy atom. The third-order valence-electron chi connectivity index (χ3n) is 3.12. The SMILES string of the molecule is CN(C)C1CCc2cc(O)ccc2C1. The van der Waals surface area contributed by atoms with Crippen molar-refractivity contribution in [1.29, 1.82) is 0 Å². The standard InChI is InChI=1S/C12H17NO/c1-13(2)11-5-3-10-8-12(14)6-4-9(10)7-11/h4,6,8,11,14H,3,5,7H2,1-2H3. The summed E-state index contributed by atoms with van der Waals surface area (Å²) >= 11 is 0. The van der Waals surface area contributed by atoms with Crippen LogP contribution in [0, 0.1) is 0 Å². The van der Waals surface area contributed by atoms with Crippen molar-refractivity contribution in [2.75, 3.05) is 14.1 Å². The van der Waals surface area contributed by atoms with Crippen molar-refractivity contribution in [1.82, 2.24) is 4.90 Å². The lowest BCUT2D eigenvalue weighted by Gasteiger charge is -2.29. The van der Waals surface area contributed by atoms with Gasteiger partial charge in [-0.3, -0.25) is 0 Å². The zero-order valence-corrected chi connectivity index (χ0v) is 8.83. The first-order chi connectivity index (χ1) is 6.66. The minimum Gasteiger partial charge on any atom is -0.508 e. The van der Waals surface area contributed by atoms with E-state index in [1.807, 2.05) is 6.07 Å². The normalized spacial score (nSPS) is 20.9. The summed E-state index contributed by atoms with van der Waals surface area (Å²) in [5, 5.41) is 9.35. The van der Waals surface area contributed by atoms with Crippen LogP contribution in [0.25, 0.3) is 0 Å². The summed E-state index contributed by atoms with van der Waals surface area (Å²) in [6.45, 7) is 0. The van der Waals surface area contributed by atoms with Crippen LogP contribution in [-0.4, -0.2) is 30.1 Å². The fourth-order valence-corrected chi connectivity index (χ4v) is 2.16. The third-order valence-corrected chi connectivity index (χ3v) is 3.12. The summed E-state index contributed by atoms with van der Waals surface area (Å²) < 4.78 is 0. The van der Waals surface area contributed by atoms with Gasteiger partial charge in [-0.25, -0.2) is 0 Å². The van der Waals surface area contributed by atoms with E-state index in [1.54, 1.807) is 6.07 Å². The van der Waals surface area contributed by atoms with Crippen LogP contribution in [0.1, 0.15) is 17.5 Å². The average molecular weight is 191 g/mol. The van der Waals surface area contributed by atoms with Crippen molar-refractivity contribution in [3.05, 3.63) is 29.3 Å². The quantitative estimate of drug-likeness (QED) is 0.731. The minimum absolute atomic E-state index is 0.395. The molecule has 0 aliphatic heterocycles. The van der Waals surface area contributed by atoms with Gasteiger partial charge >= 0.3 is 0 Å². The molecule has 0 fully saturated rings. The number of aromatic hydroxyl groups is 1. The van der Waals surface area contributed by atoms with Crippen LogP contribution < -0.4 is 0 Å². The Morgan fingerprint density at radius 1 is 1.29 bits per heavy atom.